The minimum atomic E-state index is -0.360. The summed E-state index contributed by atoms with van der Waals surface area (Å²) in [6.07, 6.45) is 3.00. The fourth-order valence-electron chi connectivity index (χ4n) is 7.24. The van der Waals surface area contributed by atoms with Crippen LogP contribution in [-0.2, 0) is 14.3 Å². The number of aliphatic hydroxyl groups is 1. The molecule has 2 unspecified atom stereocenters. The van der Waals surface area contributed by atoms with E-state index in [1.165, 1.54) is 0 Å². The van der Waals surface area contributed by atoms with Crippen LogP contribution in [0.4, 0.5) is 0 Å². The number of quaternary nitrogens is 1. The van der Waals surface area contributed by atoms with Crippen LogP contribution in [-0.4, -0.2) is 42.1 Å². The lowest BCUT2D eigenvalue weighted by Gasteiger charge is -2.35. The van der Waals surface area contributed by atoms with Crippen LogP contribution < -0.4 is 4.90 Å². The van der Waals surface area contributed by atoms with Gasteiger partial charge in [-0.3, -0.25) is 4.79 Å². The molecule has 3 aliphatic heterocycles. The number of cyclic esters (lactones) is 1. The number of esters is 1. The van der Waals surface area contributed by atoms with E-state index in [1.54, 1.807) is 4.90 Å². The maximum absolute atomic E-state index is 13.1. The van der Waals surface area contributed by atoms with Crippen LogP contribution in [0.2, 0.25) is 0 Å². The molecule has 6 rings (SSSR count). The number of Topliss-reactive ketones (excluding diaryl/α,β-unsaturated/α-hetero) is 1. The van der Waals surface area contributed by atoms with Gasteiger partial charge in [-0.05, 0) is 31.4 Å². The highest BCUT2D eigenvalue weighted by molar-refractivity contribution is 6.11. The van der Waals surface area contributed by atoms with Crippen molar-refractivity contribution >= 4 is 11.8 Å². The van der Waals surface area contributed by atoms with Crippen molar-refractivity contribution in [1.82, 2.24) is 0 Å². The van der Waals surface area contributed by atoms with Gasteiger partial charge in [-0.2, -0.15) is 0 Å². The summed E-state index contributed by atoms with van der Waals surface area (Å²) in [5, 5.41) is 11.3. The lowest BCUT2D eigenvalue weighted by Crippen LogP contribution is -3.15. The van der Waals surface area contributed by atoms with E-state index in [1.807, 2.05) is 0 Å². The standard InChI is InChI=1S/C21H23NO4/c1-9-12-7-14-21(2)10(8-22(9)14)3-4-13(23)15-11-5-6-26-20(25)16(11)17(18(15)21)19(12)24/h9-10,12,14,24H,3-8H2,1-2H3/p+1/t9-,10-,12-,14?,21-/m1/s1. The molecule has 2 bridgehead atoms. The summed E-state index contributed by atoms with van der Waals surface area (Å²) in [5.74, 6) is 0.642. The van der Waals surface area contributed by atoms with Crippen LogP contribution in [0.1, 0.15) is 39.5 Å². The SMILES string of the molecule is C[C@@H]1[C@H]2CC3[NH+]1C[C@H]1CCC(=O)C4=C(C(=C2O)C2=C4CCOC2=O)[C@@]31C. The van der Waals surface area contributed by atoms with E-state index in [0.717, 1.165) is 36.1 Å². The van der Waals surface area contributed by atoms with E-state index < -0.39 is 0 Å². The van der Waals surface area contributed by atoms with Crippen LogP contribution in [0.3, 0.4) is 0 Å². The Balaban J connectivity index is 1.74. The minimum Gasteiger partial charge on any atom is -0.511 e. The molecular formula is C21H24NO4+. The number of hydrogen-bond donors (Lipinski definition) is 2. The second-order valence-electron chi connectivity index (χ2n) is 9.15. The number of rotatable bonds is 0. The van der Waals surface area contributed by atoms with Gasteiger partial charge in [0, 0.05) is 36.3 Å². The number of nitrogens with one attached hydrogen (secondary N) is 1. The van der Waals surface area contributed by atoms with Crippen molar-refractivity contribution in [2.24, 2.45) is 17.3 Å². The van der Waals surface area contributed by atoms with Crippen molar-refractivity contribution in [3.8, 4) is 0 Å². The van der Waals surface area contributed by atoms with Gasteiger partial charge in [0.1, 0.15) is 5.76 Å². The number of allylic oxidation sites excluding steroid dienone is 1. The molecule has 0 saturated carbocycles. The van der Waals surface area contributed by atoms with Crippen molar-refractivity contribution in [3.05, 3.63) is 33.6 Å². The Morgan fingerprint density at radius 2 is 2.00 bits per heavy atom. The van der Waals surface area contributed by atoms with E-state index in [9.17, 15) is 14.7 Å². The molecule has 5 heteroatoms. The number of carbonyl (C=O) groups excluding carboxylic acids is 2. The summed E-state index contributed by atoms with van der Waals surface area (Å²) in [7, 11) is 0. The molecule has 136 valence electrons. The third-order valence-electron chi connectivity index (χ3n) is 8.47. The molecule has 2 N–H and O–H groups in total. The van der Waals surface area contributed by atoms with E-state index in [0.29, 0.717) is 54.4 Å². The Morgan fingerprint density at radius 1 is 1.19 bits per heavy atom. The van der Waals surface area contributed by atoms with E-state index in [2.05, 4.69) is 13.8 Å². The highest BCUT2D eigenvalue weighted by atomic mass is 16.5. The zero-order valence-electron chi connectivity index (χ0n) is 15.2. The van der Waals surface area contributed by atoms with Crippen LogP contribution in [0.25, 0.3) is 0 Å². The molecule has 26 heavy (non-hydrogen) atoms. The summed E-state index contributed by atoms with van der Waals surface area (Å²) in [6, 6.07) is 0.765. The number of hydrogen-bond acceptors (Lipinski definition) is 4. The summed E-state index contributed by atoms with van der Waals surface area (Å²) < 4.78 is 5.34. The topological polar surface area (TPSA) is 68.0 Å². The first-order chi connectivity index (χ1) is 12.4. The van der Waals surface area contributed by atoms with Crippen molar-refractivity contribution < 1.29 is 24.3 Å². The van der Waals surface area contributed by atoms with Gasteiger partial charge in [0.05, 0.1) is 42.1 Å². The molecule has 5 nitrogen and oxygen atoms in total. The highest BCUT2D eigenvalue weighted by Gasteiger charge is 2.68. The Morgan fingerprint density at radius 3 is 2.81 bits per heavy atom. The van der Waals surface area contributed by atoms with Gasteiger partial charge in [0.15, 0.2) is 5.78 Å². The Labute approximate surface area is 152 Å². The lowest BCUT2D eigenvalue weighted by atomic mass is 9.66. The molecule has 6 aliphatic rings. The summed E-state index contributed by atoms with van der Waals surface area (Å²) >= 11 is 0. The molecular weight excluding hydrogens is 330 g/mol. The Kier molecular flexibility index (Phi) is 2.63. The fraction of sp³-hybridized carbons (Fsp3) is 0.619. The van der Waals surface area contributed by atoms with Gasteiger partial charge >= 0.3 is 5.97 Å². The Bertz CT molecular complexity index is 894. The van der Waals surface area contributed by atoms with Crippen molar-refractivity contribution in [2.75, 3.05) is 13.2 Å². The summed E-state index contributed by atoms with van der Waals surface area (Å²) in [4.78, 5) is 27.4. The fourth-order valence-corrected chi connectivity index (χ4v) is 7.24. The summed E-state index contributed by atoms with van der Waals surface area (Å²) in [6.45, 7) is 5.94. The molecule has 2 saturated heterocycles. The van der Waals surface area contributed by atoms with Crippen LogP contribution in [0.15, 0.2) is 33.6 Å². The van der Waals surface area contributed by atoms with Crippen molar-refractivity contribution in [3.63, 3.8) is 0 Å². The predicted molar refractivity (Wildman–Crippen MR) is 92.3 cm³/mol. The van der Waals surface area contributed by atoms with Gasteiger partial charge < -0.3 is 14.7 Å². The number of fused-ring (bicyclic) bond motifs is 3. The zero-order valence-corrected chi connectivity index (χ0v) is 15.2. The maximum atomic E-state index is 13.1. The smallest absolute Gasteiger partial charge is 0.339 e. The molecule has 3 aliphatic carbocycles. The second-order valence-corrected chi connectivity index (χ2v) is 9.15. The largest absolute Gasteiger partial charge is 0.511 e. The first kappa shape index (κ1) is 15.2. The number of ketones is 1. The van der Waals surface area contributed by atoms with Crippen LogP contribution in [0, 0.1) is 17.3 Å². The number of aliphatic hydroxyl groups excluding tert-OH is 1. The monoisotopic (exact) mass is 354 g/mol. The first-order valence-electron chi connectivity index (χ1n) is 9.92. The summed E-state index contributed by atoms with van der Waals surface area (Å²) in [5.41, 5.74) is 3.67. The quantitative estimate of drug-likeness (QED) is 0.638. The number of carbonyl (C=O) groups is 2. The van der Waals surface area contributed by atoms with Gasteiger partial charge in [-0.15, -0.1) is 0 Å². The zero-order chi connectivity index (χ0) is 18.0. The van der Waals surface area contributed by atoms with E-state index in [-0.39, 0.29) is 23.1 Å². The molecule has 3 heterocycles. The molecule has 0 amide bonds. The Hall–Kier alpha value is -1.88. The van der Waals surface area contributed by atoms with Gasteiger partial charge in [-0.25, -0.2) is 4.79 Å². The maximum Gasteiger partial charge on any atom is 0.339 e. The highest BCUT2D eigenvalue weighted by Crippen LogP contribution is 2.61. The molecule has 0 spiro atoms. The molecule has 0 aromatic heterocycles. The molecule has 0 radical (unpaired) electrons. The molecule has 0 aromatic carbocycles. The van der Waals surface area contributed by atoms with E-state index >= 15 is 0 Å². The lowest BCUT2D eigenvalue weighted by molar-refractivity contribution is -0.927. The van der Waals surface area contributed by atoms with Crippen molar-refractivity contribution in [2.45, 2.75) is 51.6 Å². The third-order valence-corrected chi connectivity index (χ3v) is 8.47. The predicted octanol–water partition coefficient (Wildman–Crippen LogP) is 1.03. The average molecular weight is 354 g/mol. The van der Waals surface area contributed by atoms with Crippen LogP contribution >= 0.6 is 0 Å². The van der Waals surface area contributed by atoms with E-state index in [4.69, 9.17) is 4.74 Å². The minimum absolute atomic E-state index is 0.0696. The number of ether oxygens (including phenoxy) is 1. The normalized spacial score (nSPS) is 45.8. The third kappa shape index (κ3) is 1.43. The van der Waals surface area contributed by atoms with Crippen LogP contribution in [0.5, 0.6) is 0 Å². The molecule has 0 aromatic rings. The molecule has 2 fully saturated rings. The van der Waals surface area contributed by atoms with Gasteiger partial charge in [0.25, 0.3) is 0 Å². The van der Waals surface area contributed by atoms with Gasteiger partial charge in [-0.1, -0.05) is 0 Å². The van der Waals surface area contributed by atoms with Crippen molar-refractivity contribution in [1.29, 1.82) is 0 Å². The average Bonchev–Trinajstić information content (AvgIpc) is 3.18. The second kappa shape index (κ2) is 4.50. The molecule has 6 atom stereocenters. The van der Waals surface area contributed by atoms with Gasteiger partial charge in [0.2, 0.25) is 0 Å². The first-order valence-corrected chi connectivity index (χ1v) is 9.92.